The minimum atomic E-state index is 0.142. The molecule has 0 N–H and O–H groups in total. The minimum absolute atomic E-state index is 0.142. The lowest BCUT2D eigenvalue weighted by molar-refractivity contribution is -0.00525. The first-order valence-electron chi connectivity index (χ1n) is 6.03. The zero-order valence-electron chi connectivity index (χ0n) is 10.6. The average molecular weight is 244 g/mol. The second-order valence-electron chi connectivity index (χ2n) is 4.67. The monoisotopic (exact) mass is 244 g/mol. The van der Waals surface area contributed by atoms with E-state index < -0.39 is 0 Å². The topological polar surface area (TPSA) is 53.3 Å². The summed E-state index contributed by atoms with van der Waals surface area (Å²) >= 11 is 0. The zero-order valence-corrected chi connectivity index (χ0v) is 10.6. The summed E-state index contributed by atoms with van der Waals surface area (Å²) in [6.45, 7) is 5.56. The van der Waals surface area contributed by atoms with Crippen LogP contribution in [0.15, 0.2) is 18.2 Å². The second-order valence-corrected chi connectivity index (χ2v) is 4.67. The van der Waals surface area contributed by atoms with E-state index in [1.807, 2.05) is 26.0 Å². The summed E-state index contributed by atoms with van der Waals surface area (Å²) in [6, 6.07) is 7.26. The van der Waals surface area contributed by atoms with Crippen molar-refractivity contribution < 1.29 is 9.53 Å². The predicted molar refractivity (Wildman–Crippen MR) is 68.8 cm³/mol. The lowest BCUT2D eigenvalue weighted by Gasteiger charge is -2.37. The van der Waals surface area contributed by atoms with Crippen LogP contribution in [-0.2, 0) is 4.74 Å². The molecular weight excluding hydrogens is 228 g/mol. The van der Waals surface area contributed by atoms with Gasteiger partial charge < -0.3 is 9.64 Å². The number of rotatable bonds is 2. The van der Waals surface area contributed by atoms with Crippen molar-refractivity contribution in [2.45, 2.75) is 26.1 Å². The van der Waals surface area contributed by atoms with Crippen molar-refractivity contribution in [1.29, 1.82) is 5.26 Å². The Labute approximate surface area is 107 Å². The fourth-order valence-corrected chi connectivity index (χ4v) is 2.38. The zero-order chi connectivity index (χ0) is 13.1. The van der Waals surface area contributed by atoms with Crippen LogP contribution in [0.1, 0.15) is 29.8 Å². The number of nitriles is 1. The number of aldehydes is 1. The molecule has 0 aliphatic carbocycles. The van der Waals surface area contributed by atoms with E-state index in [1.54, 1.807) is 12.1 Å². The van der Waals surface area contributed by atoms with Gasteiger partial charge in [0, 0.05) is 24.3 Å². The van der Waals surface area contributed by atoms with Crippen LogP contribution in [0.5, 0.6) is 0 Å². The van der Waals surface area contributed by atoms with Crippen molar-refractivity contribution in [1.82, 2.24) is 0 Å². The Hall–Kier alpha value is -1.86. The molecule has 0 spiro atoms. The van der Waals surface area contributed by atoms with Crippen LogP contribution in [0.25, 0.3) is 0 Å². The van der Waals surface area contributed by atoms with E-state index in [4.69, 9.17) is 10.00 Å². The smallest absolute Gasteiger partial charge is 0.152 e. The van der Waals surface area contributed by atoms with Crippen LogP contribution >= 0.6 is 0 Å². The van der Waals surface area contributed by atoms with Gasteiger partial charge in [0.25, 0.3) is 0 Å². The van der Waals surface area contributed by atoms with Gasteiger partial charge in [-0.3, -0.25) is 4.79 Å². The van der Waals surface area contributed by atoms with Crippen molar-refractivity contribution >= 4 is 12.0 Å². The third-order valence-electron chi connectivity index (χ3n) is 3.04. The number of anilines is 1. The van der Waals surface area contributed by atoms with Crippen molar-refractivity contribution in [3.05, 3.63) is 29.3 Å². The van der Waals surface area contributed by atoms with Crippen LogP contribution in [0, 0.1) is 11.3 Å². The first kappa shape index (κ1) is 12.6. The number of ether oxygens (including phenoxy) is 1. The molecule has 2 rings (SSSR count). The number of benzene rings is 1. The van der Waals surface area contributed by atoms with Gasteiger partial charge in [-0.15, -0.1) is 0 Å². The maximum absolute atomic E-state index is 11.1. The number of hydrogen-bond donors (Lipinski definition) is 0. The number of carbonyl (C=O) groups is 1. The Morgan fingerprint density at radius 2 is 2.06 bits per heavy atom. The number of nitrogens with zero attached hydrogens (tertiary/aromatic N) is 2. The number of morpholine rings is 1. The minimum Gasteiger partial charge on any atom is -0.372 e. The Balaban J connectivity index is 2.32. The van der Waals surface area contributed by atoms with Crippen LogP contribution in [0.3, 0.4) is 0 Å². The summed E-state index contributed by atoms with van der Waals surface area (Å²) in [5.74, 6) is 0. The molecule has 94 valence electrons. The van der Waals surface area contributed by atoms with Crippen LogP contribution in [-0.4, -0.2) is 31.6 Å². The highest BCUT2D eigenvalue weighted by atomic mass is 16.5. The third kappa shape index (κ3) is 2.52. The van der Waals surface area contributed by atoms with Crippen LogP contribution in [0.4, 0.5) is 5.69 Å². The first-order chi connectivity index (χ1) is 8.63. The van der Waals surface area contributed by atoms with E-state index in [9.17, 15) is 4.79 Å². The molecule has 0 bridgehead atoms. The van der Waals surface area contributed by atoms with E-state index in [2.05, 4.69) is 4.90 Å². The molecule has 2 atom stereocenters. The quantitative estimate of drug-likeness (QED) is 0.746. The molecule has 4 heteroatoms. The van der Waals surface area contributed by atoms with Gasteiger partial charge in [-0.2, -0.15) is 5.26 Å². The molecule has 0 saturated carbocycles. The molecule has 18 heavy (non-hydrogen) atoms. The molecular formula is C14H16N2O2. The van der Waals surface area contributed by atoms with E-state index >= 15 is 0 Å². The average Bonchev–Trinajstić information content (AvgIpc) is 2.36. The van der Waals surface area contributed by atoms with Crippen molar-refractivity contribution in [2.24, 2.45) is 0 Å². The van der Waals surface area contributed by atoms with E-state index in [0.717, 1.165) is 25.1 Å². The highest BCUT2D eigenvalue weighted by Gasteiger charge is 2.23. The standard InChI is InChI=1S/C14H16N2O2/c1-10-7-16(8-11(2)18-10)14-4-3-12(6-15)5-13(14)9-17/h3-5,9-11H,7-8H2,1-2H3/t10-,11+. The Morgan fingerprint density at radius 1 is 1.39 bits per heavy atom. The van der Waals surface area contributed by atoms with Gasteiger partial charge in [0.05, 0.1) is 23.8 Å². The Morgan fingerprint density at radius 3 is 2.61 bits per heavy atom. The molecule has 1 aliphatic heterocycles. The first-order valence-corrected chi connectivity index (χ1v) is 6.03. The molecule has 4 nitrogen and oxygen atoms in total. The molecule has 0 unspecified atom stereocenters. The van der Waals surface area contributed by atoms with Crippen molar-refractivity contribution in [2.75, 3.05) is 18.0 Å². The van der Waals surface area contributed by atoms with Gasteiger partial charge in [-0.1, -0.05) is 0 Å². The fraction of sp³-hybridized carbons (Fsp3) is 0.429. The van der Waals surface area contributed by atoms with E-state index in [0.29, 0.717) is 11.1 Å². The van der Waals surface area contributed by atoms with Gasteiger partial charge in [0.2, 0.25) is 0 Å². The third-order valence-corrected chi connectivity index (χ3v) is 3.04. The molecule has 1 aromatic carbocycles. The van der Waals surface area contributed by atoms with Gasteiger partial charge in [-0.25, -0.2) is 0 Å². The molecule has 1 fully saturated rings. The summed E-state index contributed by atoms with van der Waals surface area (Å²) in [6.07, 6.45) is 1.09. The lowest BCUT2D eigenvalue weighted by Crippen LogP contribution is -2.45. The molecule has 1 aliphatic rings. The SMILES string of the molecule is C[C@@H]1CN(c2ccc(C#N)cc2C=O)C[C@H](C)O1. The molecule has 0 radical (unpaired) electrons. The molecule has 1 aromatic rings. The Bertz CT molecular complexity index is 483. The highest BCUT2D eigenvalue weighted by molar-refractivity contribution is 5.85. The summed E-state index contributed by atoms with van der Waals surface area (Å²) in [5, 5.41) is 8.84. The van der Waals surface area contributed by atoms with Gasteiger partial charge in [0.1, 0.15) is 0 Å². The molecule has 1 heterocycles. The van der Waals surface area contributed by atoms with E-state index in [-0.39, 0.29) is 12.2 Å². The maximum atomic E-state index is 11.1. The maximum Gasteiger partial charge on any atom is 0.152 e. The van der Waals surface area contributed by atoms with Crippen LogP contribution < -0.4 is 4.90 Å². The number of carbonyl (C=O) groups excluding carboxylic acids is 1. The summed E-state index contributed by atoms with van der Waals surface area (Å²) in [4.78, 5) is 13.3. The summed E-state index contributed by atoms with van der Waals surface area (Å²) in [7, 11) is 0. The second kappa shape index (κ2) is 5.19. The van der Waals surface area contributed by atoms with E-state index in [1.165, 1.54) is 0 Å². The predicted octanol–water partition coefficient (Wildman–Crippen LogP) is 1.98. The highest BCUT2D eigenvalue weighted by Crippen LogP contribution is 2.24. The molecule has 1 saturated heterocycles. The normalized spacial score (nSPS) is 23.5. The van der Waals surface area contributed by atoms with Gasteiger partial charge in [-0.05, 0) is 32.0 Å². The Kier molecular flexibility index (Phi) is 3.63. The summed E-state index contributed by atoms with van der Waals surface area (Å²) < 4.78 is 5.67. The number of hydrogen-bond acceptors (Lipinski definition) is 4. The van der Waals surface area contributed by atoms with Crippen molar-refractivity contribution in [3.63, 3.8) is 0 Å². The molecule has 0 amide bonds. The lowest BCUT2D eigenvalue weighted by atomic mass is 10.1. The summed E-state index contributed by atoms with van der Waals surface area (Å²) in [5.41, 5.74) is 1.96. The molecule has 0 aromatic heterocycles. The van der Waals surface area contributed by atoms with Gasteiger partial charge in [0.15, 0.2) is 6.29 Å². The van der Waals surface area contributed by atoms with Crippen LogP contribution in [0.2, 0.25) is 0 Å². The van der Waals surface area contributed by atoms with Crippen molar-refractivity contribution in [3.8, 4) is 6.07 Å². The van der Waals surface area contributed by atoms with Gasteiger partial charge >= 0.3 is 0 Å². The largest absolute Gasteiger partial charge is 0.372 e. The fourth-order valence-electron chi connectivity index (χ4n) is 2.38.